The molecule has 0 saturated carbocycles. The molecule has 1 saturated heterocycles. The average Bonchev–Trinajstić information content (AvgIpc) is 3.13. The lowest BCUT2D eigenvalue weighted by Crippen LogP contribution is -2.43. The molecule has 1 aliphatic rings. The maximum Gasteiger partial charge on any atom is 0.312 e. The molecule has 1 aliphatic heterocycles. The van der Waals surface area contributed by atoms with Gasteiger partial charge in [-0.05, 0) is 18.6 Å². The van der Waals surface area contributed by atoms with E-state index in [-0.39, 0.29) is 24.7 Å². The van der Waals surface area contributed by atoms with Crippen molar-refractivity contribution in [3.63, 3.8) is 0 Å². The molecule has 2 aromatic carbocycles. The molecule has 1 N–H and O–H groups in total. The number of carbonyl (C=O) groups is 4. The highest BCUT2D eigenvalue weighted by atomic mass is 16.5. The Bertz CT molecular complexity index is 898. The molecule has 2 aromatic rings. The van der Waals surface area contributed by atoms with E-state index in [4.69, 9.17) is 4.74 Å². The monoisotopic (exact) mass is 394 g/mol. The van der Waals surface area contributed by atoms with Crippen LogP contribution < -0.4 is 5.43 Å². The molecule has 3 rings (SSSR count). The van der Waals surface area contributed by atoms with Crippen LogP contribution in [0.25, 0.3) is 0 Å². The number of benzene rings is 2. The first-order valence-corrected chi connectivity index (χ1v) is 9.45. The predicted octanol–water partition coefficient (Wildman–Crippen LogP) is 2.38. The Kier molecular flexibility index (Phi) is 6.39. The van der Waals surface area contributed by atoms with Gasteiger partial charge in [0.2, 0.25) is 11.7 Å². The molecule has 0 bridgehead atoms. The Morgan fingerprint density at radius 2 is 1.62 bits per heavy atom. The summed E-state index contributed by atoms with van der Waals surface area (Å²) in [6.45, 7) is 1.76. The second-order valence-corrected chi connectivity index (χ2v) is 6.78. The van der Waals surface area contributed by atoms with E-state index in [0.29, 0.717) is 17.5 Å². The third kappa shape index (κ3) is 4.87. The zero-order valence-electron chi connectivity index (χ0n) is 16.0. The standard InChI is InChI=1S/C22H22N2O5/c1-2-18(20(26)15-9-5-3-6-10-15)29-22(28)17-13-19(25)24(14-17)23-21(27)16-11-7-4-8-12-16/h3-12,17-18H,2,13-14H2,1H3,(H,23,27). The van der Waals surface area contributed by atoms with Crippen LogP contribution in [0.1, 0.15) is 40.5 Å². The summed E-state index contributed by atoms with van der Waals surface area (Å²) < 4.78 is 5.41. The summed E-state index contributed by atoms with van der Waals surface area (Å²) in [4.78, 5) is 49.5. The molecule has 150 valence electrons. The van der Waals surface area contributed by atoms with Crippen molar-refractivity contribution in [2.45, 2.75) is 25.9 Å². The molecule has 0 aromatic heterocycles. The number of ether oxygens (including phenoxy) is 1. The minimum absolute atomic E-state index is 0.00615. The number of hydrogen-bond donors (Lipinski definition) is 1. The molecule has 0 spiro atoms. The predicted molar refractivity (Wildman–Crippen MR) is 105 cm³/mol. The number of ketones is 1. The number of rotatable bonds is 7. The van der Waals surface area contributed by atoms with Crippen molar-refractivity contribution in [2.75, 3.05) is 6.54 Å². The molecule has 29 heavy (non-hydrogen) atoms. The van der Waals surface area contributed by atoms with Crippen molar-refractivity contribution in [3.8, 4) is 0 Å². The van der Waals surface area contributed by atoms with Gasteiger partial charge < -0.3 is 4.74 Å². The summed E-state index contributed by atoms with van der Waals surface area (Å²) in [5, 5.41) is 1.13. The topological polar surface area (TPSA) is 92.8 Å². The van der Waals surface area contributed by atoms with Crippen LogP contribution in [0, 0.1) is 5.92 Å². The second-order valence-electron chi connectivity index (χ2n) is 6.78. The fourth-order valence-electron chi connectivity index (χ4n) is 3.10. The van der Waals surface area contributed by atoms with Gasteiger partial charge in [-0.2, -0.15) is 0 Å². The Hall–Kier alpha value is -3.48. The maximum absolute atomic E-state index is 12.5. The Morgan fingerprint density at radius 3 is 2.21 bits per heavy atom. The summed E-state index contributed by atoms with van der Waals surface area (Å²) in [5.74, 6) is -2.44. The molecular weight excluding hydrogens is 372 g/mol. The minimum atomic E-state index is -0.909. The number of Topliss-reactive ketones (excluding diaryl/α,β-unsaturated/α-hetero) is 1. The normalized spacial score (nSPS) is 16.9. The smallest absolute Gasteiger partial charge is 0.312 e. The van der Waals surface area contributed by atoms with Crippen LogP contribution in [0.4, 0.5) is 0 Å². The number of esters is 1. The van der Waals surface area contributed by atoms with Gasteiger partial charge in [0.1, 0.15) is 0 Å². The molecule has 0 aliphatic carbocycles. The second kappa shape index (κ2) is 9.14. The van der Waals surface area contributed by atoms with Gasteiger partial charge in [-0.15, -0.1) is 0 Å². The van der Waals surface area contributed by atoms with Gasteiger partial charge in [-0.3, -0.25) is 29.6 Å². The van der Waals surface area contributed by atoms with E-state index in [1.807, 2.05) is 0 Å². The molecular formula is C22H22N2O5. The van der Waals surface area contributed by atoms with E-state index < -0.39 is 23.9 Å². The highest BCUT2D eigenvalue weighted by Crippen LogP contribution is 2.20. The Morgan fingerprint density at radius 1 is 1.03 bits per heavy atom. The van der Waals surface area contributed by atoms with E-state index in [2.05, 4.69) is 5.43 Å². The molecule has 1 fully saturated rings. The zero-order chi connectivity index (χ0) is 20.8. The highest BCUT2D eigenvalue weighted by molar-refractivity contribution is 6.01. The third-order valence-corrected chi connectivity index (χ3v) is 4.71. The van der Waals surface area contributed by atoms with Crippen molar-refractivity contribution < 1.29 is 23.9 Å². The quantitative estimate of drug-likeness (QED) is 0.575. The number of amides is 2. The van der Waals surface area contributed by atoms with E-state index in [1.54, 1.807) is 67.6 Å². The van der Waals surface area contributed by atoms with Gasteiger partial charge >= 0.3 is 5.97 Å². The van der Waals surface area contributed by atoms with E-state index in [1.165, 1.54) is 0 Å². The fraction of sp³-hybridized carbons (Fsp3) is 0.273. The van der Waals surface area contributed by atoms with E-state index >= 15 is 0 Å². The van der Waals surface area contributed by atoms with Gasteiger partial charge in [0.05, 0.1) is 12.5 Å². The summed E-state index contributed by atoms with van der Waals surface area (Å²) in [5.41, 5.74) is 3.39. The SMILES string of the molecule is CCC(OC(=O)C1CC(=O)N(NC(=O)c2ccccc2)C1)C(=O)c1ccccc1. The van der Waals surface area contributed by atoms with Gasteiger partial charge in [0.15, 0.2) is 6.10 Å². The fourth-order valence-corrected chi connectivity index (χ4v) is 3.10. The summed E-state index contributed by atoms with van der Waals surface area (Å²) in [6.07, 6.45) is -0.661. The van der Waals surface area contributed by atoms with Gasteiger partial charge in [-0.1, -0.05) is 55.5 Å². The number of carbonyl (C=O) groups excluding carboxylic acids is 4. The minimum Gasteiger partial charge on any atom is -0.454 e. The van der Waals surface area contributed by atoms with Crippen molar-refractivity contribution in [1.29, 1.82) is 0 Å². The maximum atomic E-state index is 12.5. The van der Waals surface area contributed by atoms with E-state index in [9.17, 15) is 19.2 Å². The summed E-state index contributed by atoms with van der Waals surface area (Å²) in [6, 6.07) is 17.1. The molecule has 2 unspecified atom stereocenters. The molecule has 0 radical (unpaired) electrons. The third-order valence-electron chi connectivity index (χ3n) is 4.71. The van der Waals surface area contributed by atoms with Crippen LogP contribution >= 0.6 is 0 Å². The average molecular weight is 394 g/mol. The van der Waals surface area contributed by atoms with E-state index in [0.717, 1.165) is 5.01 Å². The first kappa shape index (κ1) is 20.3. The van der Waals surface area contributed by atoms with Crippen molar-refractivity contribution in [1.82, 2.24) is 10.4 Å². The number of nitrogens with one attached hydrogen (secondary N) is 1. The van der Waals surface area contributed by atoms with Crippen LogP contribution in [0.15, 0.2) is 60.7 Å². The molecule has 2 atom stereocenters. The van der Waals surface area contributed by atoms with Crippen LogP contribution in [0.2, 0.25) is 0 Å². The Labute approximate surface area is 168 Å². The van der Waals surface area contributed by atoms with Crippen LogP contribution in [-0.4, -0.2) is 41.2 Å². The van der Waals surface area contributed by atoms with Crippen LogP contribution in [0.5, 0.6) is 0 Å². The van der Waals surface area contributed by atoms with Crippen LogP contribution in [-0.2, 0) is 14.3 Å². The summed E-state index contributed by atoms with van der Waals surface area (Å²) in [7, 11) is 0. The molecule has 2 amide bonds. The largest absolute Gasteiger partial charge is 0.454 e. The van der Waals surface area contributed by atoms with Crippen molar-refractivity contribution in [3.05, 3.63) is 71.8 Å². The van der Waals surface area contributed by atoms with Crippen LogP contribution in [0.3, 0.4) is 0 Å². The number of nitrogens with zero attached hydrogens (tertiary/aromatic N) is 1. The number of hydrazine groups is 1. The highest BCUT2D eigenvalue weighted by Gasteiger charge is 2.38. The number of hydrogen-bond acceptors (Lipinski definition) is 5. The Balaban J connectivity index is 1.59. The lowest BCUT2D eigenvalue weighted by Gasteiger charge is -2.19. The lowest BCUT2D eigenvalue weighted by molar-refractivity contribution is -0.151. The van der Waals surface area contributed by atoms with Gasteiger partial charge in [-0.25, -0.2) is 0 Å². The van der Waals surface area contributed by atoms with Gasteiger partial charge in [0, 0.05) is 17.5 Å². The molecule has 7 heteroatoms. The van der Waals surface area contributed by atoms with Gasteiger partial charge in [0.25, 0.3) is 5.91 Å². The molecule has 7 nitrogen and oxygen atoms in total. The first-order valence-electron chi connectivity index (χ1n) is 9.45. The van der Waals surface area contributed by atoms with Crippen molar-refractivity contribution in [2.24, 2.45) is 5.92 Å². The summed E-state index contributed by atoms with van der Waals surface area (Å²) >= 11 is 0. The van der Waals surface area contributed by atoms with Crippen molar-refractivity contribution >= 4 is 23.6 Å². The zero-order valence-corrected chi connectivity index (χ0v) is 16.0. The first-order chi connectivity index (χ1) is 14.0. The lowest BCUT2D eigenvalue weighted by atomic mass is 10.0. The molecule has 1 heterocycles.